The first-order chi connectivity index (χ1) is 9.22. The summed E-state index contributed by atoms with van der Waals surface area (Å²) in [4.78, 5) is 4.75. The fourth-order valence-electron chi connectivity index (χ4n) is 2.81. The van der Waals surface area contributed by atoms with Gasteiger partial charge in [0.15, 0.2) is 0 Å². The third-order valence-electron chi connectivity index (χ3n) is 4.10. The third kappa shape index (κ3) is 2.85. The number of piperazine rings is 1. The predicted molar refractivity (Wildman–Crippen MR) is 74.7 cm³/mol. The van der Waals surface area contributed by atoms with Gasteiger partial charge in [-0.25, -0.2) is 0 Å². The molecule has 0 spiro atoms. The molecular weight excluding hydrogens is 240 g/mol. The second kappa shape index (κ2) is 5.39. The summed E-state index contributed by atoms with van der Waals surface area (Å²) in [5.41, 5.74) is 2.28. The van der Waals surface area contributed by atoms with E-state index in [2.05, 4.69) is 22.9 Å². The number of nitrogens with zero attached hydrogens (tertiary/aromatic N) is 2. The van der Waals surface area contributed by atoms with Crippen molar-refractivity contribution in [3.05, 3.63) is 23.3 Å². The number of benzene rings is 1. The van der Waals surface area contributed by atoms with Gasteiger partial charge in [-0.15, -0.1) is 0 Å². The Morgan fingerprint density at radius 3 is 2.79 bits per heavy atom. The highest BCUT2D eigenvalue weighted by molar-refractivity contribution is 5.46. The third-order valence-corrected chi connectivity index (χ3v) is 4.10. The molecule has 4 nitrogen and oxygen atoms in total. The Balaban J connectivity index is 1.73. The van der Waals surface area contributed by atoms with E-state index >= 15 is 0 Å². The average Bonchev–Trinajstić information content (AvgIpc) is 2.42. The molecule has 104 valence electrons. The van der Waals surface area contributed by atoms with E-state index in [1.165, 1.54) is 5.56 Å². The van der Waals surface area contributed by atoms with E-state index in [-0.39, 0.29) is 0 Å². The molecule has 1 fully saturated rings. The van der Waals surface area contributed by atoms with Crippen molar-refractivity contribution in [2.45, 2.75) is 19.4 Å². The van der Waals surface area contributed by atoms with Crippen LogP contribution < -0.4 is 4.74 Å². The number of phenolic OH excluding ortho intramolecular Hbond substituents is 1. The molecule has 1 aromatic carbocycles. The molecule has 0 unspecified atom stereocenters. The molecule has 1 aromatic rings. The highest BCUT2D eigenvalue weighted by atomic mass is 16.5. The molecule has 0 bridgehead atoms. The molecule has 0 aromatic heterocycles. The molecule has 0 amide bonds. The van der Waals surface area contributed by atoms with Crippen LogP contribution in [0, 0.1) is 0 Å². The Morgan fingerprint density at radius 2 is 2.00 bits per heavy atom. The van der Waals surface area contributed by atoms with Gasteiger partial charge in [-0.3, -0.25) is 4.90 Å². The van der Waals surface area contributed by atoms with E-state index in [0.29, 0.717) is 5.75 Å². The van der Waals surface area contributed by atoms with Crippen molar-refractivity contribution in [2.24, 2.45) is 0 Å². The first-order valence-electron chi connectivity index (χ1n) is 7.11. The second-order valence-electron chi connectivity index (χ2n) is 5.62. The summed E-state index contributed by atoms with van der Waals surface area (Å²) in [6.45, 7) is 5.97. The second-order valence-corrected chi connectivity index (χ2v) is 5.62. The van der Waals surface area contributed by atoms with Gasteiger partial charge in [0, 0.05) is 44.4 Å². The van der Waals surface area contributed by atoms with Gasteiger partial charge in [0.25, 0.3) is 0 Å². The van der Waals surface area contributed by atoms with Gasteiger partial charge in [-0.2, -0.15) is 0 Å². The quantitative estimate of drug-likeness (QED) is 0.875. The molecule has 1 saturated heterocycles. The molecule has 0 atom stereocenters. The molecule has 2 aliphatic heterocycles. The summed E-state index contributed by atoms with van der Waals surface area (Å²) in [6, 6.07) is 3.92. The fourth-order valence-corrected chi connectivity index (χ4v) is 2.81. The minimum Gasteiger partial charge on any atom is -0.507 e. The van der Waals surface area contributed by atoms with Crippen molar-refractivity contribution in [3.63, 3.8) is 0 Å². The summed E-state index contributed by atoms with van der Waals surface area (Å²) in [5, 5.41) is 10.1. The summed E-state index contributed by atoms with van der Waals surface area (Å²) in [7, 11) is 2.16. The lowest BCUT2D eigenvalue weighted by atomic mass is 10.0. The van der Waals surface area contributed by atoms with Crippen molar-refractivity contribution in [2.75, 3.05) is 39.8 Å². The van der Waals surface area contributed by atoms with Gasteiger partial charge in [-0.1, -0.05) is 0 Å². The molecular formula is C15H22N2O2. The topological polar surface area (TPSA) is 35.9 Å². The zero-order valence-corrected chi connectivity index (χ0v) is 11.6. The number of hydrogen-bond acceptors (Lipinski definition) is 4. The van der Waals surface area contributed by atoms with Crippen molar-refractivity contribution in [3.8, 4) is 11.5 Å². The maximum atomic E-state index is 10.1. The fraction of sp³-hybridized carbons (Fsp3) is 0.600. The SMILES string of the molecule is CN1CCN(Cc2cc3c(cc2O)OCCC3)CC1. The largest absolute Gasteiger partial charge is 0.507 e. The minimum absolute atomic E-state index is 0.375. The van der Waals surface area contributed by atoms with Crippen molar-refractivity contribution < 1.29 is 9.84 Å². The van der Waals surface area contributed by atoms with Crippen molar-refractivity contribution >= 4 is 0 Å². The lowest BCUT2D eigenvalue weighted by Gasteiger charge is -2.32. The zero-order valence-electron chi connectivity index (χ0n) is 11.6. The van der Waals surface area contributed by atoms with Crippen molar-refractivity contribution in [1.29, 1.82) is 0 Å². The number of fused-ring (bicyclic) bond motifs is 1. The van der Waals surface area contributed by atoms with Crippen molar-refractivity contribution in [1.82, 2.24) is 9.80 Å². The van der Waals surface area contributed by atoms with Crippen LogP contribution >= 0.6 is 0 Å². The first-order valence-corrected chi connectivity index (χ1v) is 7.11. The minimum atomic E-state index is 0.375. The van der Waals surface area contributed by atoms with E-state index in [1.54, 1.807) is 6.07 Å². The van der Waals surface area contributed by atoms with Crippen LogP contribution in [0.2, 0.25) is 0 Å². The van der Waals surface area contributed by atoms with Crippen LogP contribution in [0.1, 0.15) is 17.5 Å². The first kappa shape index (κ1) is 12.8. The monoisotopic (exact) mass is 262 g/mol. The van der Waals surface area contributed by atoms with E-state index in [0.717, 1.165) is 63.5 Å². The molecule has 2 aliphatic rings. The highest BCUT2D eigenvalue weighted by Gasteiger charge is 2.18. The van der Waals surface area contributed by atoms with Gasteiger partial charge in [0.2, 0.25) is 0 Å². The Kier molecular flexibility index (Phi) is 3.62. The van der Waals surface area contributed by atoms with Gasteiger partial charge < -0.3 is 14.7 Å². The van der Waals surface area contributed by atoms with Gasteiger partial charge >= 0.3 is 0 Å². The molecule has 2 heterocycles. The summed E-state index contributed by atoms with van der Waals surface area (Å²) in [6.07, 6.45) is 2.14. The normalized spacial score (nSPS) is 20.9. The highest BCUT2D eigenvalue weighted by Crippen LogP contribution is 2.32. The number of rotatable bonds is 2. The van der Waals surface area contributed by atoms with Crippen LogP contribution in [-0.4, -0.2) is 54.7 Å². The van der Waals surface area contributed by atoms with Crippen LogP contribution in [0.3, 0.4) is 0 Å². The molecule has 0 radical (unpaired) electrons. The summed E-state index contributed by atoms with van der Waals surface area (Å²) >= 11 is 0. The van der Waals surface area contributed by atoms with E-state index < -0.39 is 0 Å². The Bertz CT molecular complexity index is 454. The van der Waals surface area contributed by atoms with E-state index in [4.69, 9.17) is 4.74 Å². The van der Waals surface area contributed by atoms with Gasteiger partial charge in [-0.05, 0) is 31.5 Å². The van der Waals surface area contributed by atoms with Gasteiger partial charge in [0.1, 0.15) is 11.5 Å². The number of aromatic hydroxyl groups is 1. The van der Waals surface area contributed by atoms with E-state index in [1.807, 2.05) is 0 Å². The number of phenols is 1. The molecule has 4 heteroatoms. The Hall–Kier alpha value is -1.26. The standard InChI is InChI=1S/C15H22N2O2/c1-16-4-6-17(7-5-16)11-13-9-12-3-2-8-19-15(12)10-14(13)18/h9-10,18H,2-8,11H2,1H3. The van der Waals surface area contributed by atoms with Gasteiger partial charge in [0.05, 0.1) is 6.61 Å². The molecule has 19 heavy (non-hydrogen) atoms. The van der Waals surface area contributed by atoms with Crippen LogP contribution in [-0.2, 0) is 13.0 Å². The van der Waals surface area contributed by atoms with Crippen LogP contribution in [0.15, 0.2) is 12.1 Å². The van der Waals surface area contributed by atoms with Crippen LogP contribution in [0.25, 0.3) is 0 Å². The number of likely N-dealkylation sites (N-methyl/N-ethyl adjacent to an activating group) is 1. The lowest BCUT2D eigenvalue weighted by Crippen LogP contribution is -2.43. The summed E-state index contributed by atoms with van der Waals surface area (Å²) < 4.78 is 5.58. The predicted octanol–water partition coefficient (Wildman–Crippen LogP) is 1.46. The van der Waals surface area contributed by atoms with Crippen LogP contribution in [0.5, 0.6) is 11.5 Å². The maximum absolute atomic E-state index is 10.1. The maximum Gasteiger partial charge on any atom is 0.126 e. The zero-order chi connectivity index (χ0) is 13.2. The Labute approximate surface area is 114 Å². The van der Waals surface area contributed by atoms with E-state index in [9.17, 15) is 5.11 Å². The average molecular weight is 262 g/mol. The smallest absolute Gasteiger partial charge is 0.126 e. The molecule has 0 aliphatic carbocycles. The lowest BCUT2D eigenvalue weighted by molar-refractivity contribution is 0.147. The van der Waals surface area contributed by atoms with Crippen LogP contribution in [0.4, 0.5) is 0 Å². The molecule has 0 saturated carbocycles. The molecule has 3 rings (SSSR count). The number of aryl methyl sites for hydroxylation is 1. The number of hydrogen-bond donors (Lipinski definition) is 1. The Morgan fingerprint density at radius 1 is 1.21 bits per heavy atom. The number of ether oxygens (including phenoxy) is 1. The molecule has 1 N–H and O–H groups in total. The summed E-state index contributed by atoms with van der Waals surface area (Å²) in [5.74, 6) is 1.24.